The molecule has 1 aliphatic heterocycles. The minimum atomic E-state index is -1.04. The zero-order chi connectivity index (χ0) is 34.2. The molecule has 0 unspecified atom stereocenters. The summed E-state index contributed by atoms with van der Waals surface area (Å²) in [5.74, 6) is -1.11. The van der Waals surface area contributed by atoms with Crippen LogP contribution in [0.4, 0.5) is 4.79 Å². The fraction of sp³-hybridized carbons (Fsp3) is 0.432. The number of alkyl carbamates (subject to hydrolysis) is 1. The summed E-state index contributed by atoms with van der Waals surface area (Å²) in [4.78, 5) is 40.2. The van der Waals surface area contributed by atoms with Gasteiger partial charge >= 0.3 is 19.2 Å². The normalized spacial score (nSPS) is 16.5. The molecule has 250 valence electrons. The molecule has 1 fully saturated rings. The number of aryl methyl sites for hydroxylation is 1. The van der Waals surface area contributed by atoms with Crippen LogP contribution in [0, 0.1) is 0 Å². The van der Waals surface area contributed by atoms with Crippen molar-refractivity contribution in [2.24, 2.45) is 0 Å². The molecule has 0 aromatic heterocycles. The Labute approximate surface area is 278 Å². The highest BCUT2D eigenvalue weighted by molar-refractivity contribution is 6.62. The van der Waals surface area contributed by atoms with Gasteiger partial charge in [0, 0.05) is 6.42 Å². The van der Waals surface area contributed by atoms with Crippen molar-refractivity contribution >= 4 is 30.6 Å². The van der Waals surface area contributed by atoms with Crippen molar-refractivity contribution in [3.63, 3.8) is 0 Å². The Morgan fingerprint density at radius 1 is 0.766 bits per heavy atom. The van der Waals surface area contributed by atoms with Gasteiger partial charge < -0.3 is 29.4 Å². The zero-order valence-corrected chi connectivity index (χ0v) is 28.5. The number of hydrogen-bond donors (Lipinski definition) is 2. The van der Waals surface area contributed by atoms with E-state index in [2.05, 4.69) is 10.6 Å². The van der Waals surface area contributed by atoms with E-state index in [4.69, 9.17) is 18.8 Å². The summed E-state index contributed by atoms with van der Waals surface area (Å²) in [6.45, 7) is 13.3. The highest BCUT2D eigenvalue weighted by Gasteiger charge is 2.51. The van der Waals surface area contributed by atoms with Gasteiger partial charge in [-0.3, -0.25) is 4.79 Å². The maximum atomic E-state index is 13.8. The zero-order valence-electron chi connectivity index (χ0n) is 28.5. The third kappa shape index (κ3) is 10.4. The lowest BCUT2D eigenvalue weighted by molar-refractivity contribution is -0.149. The Morgan fingerprint density at radius 2 is 1.34 bits per heavy atom. The Morgan fingerprint density at radius 3 is 1.94 bits per heavy atom. The van der Waals surface area contributed by atoms with Gasteiger partial charge in [0.05, 0.1) is 11.2 Å². The molecule has 2 amide bonds. The average Bonchev–Trinajstić information content (AvgIpc) is 3.24. The Bertz CT molecular complexity index is 1490. The molecule has 4 rings (SSSR count). The van der Waals surface area contributed by atoms with Gasteiger partial charge in [-0.2, -0.15) is 0 Å². The largest absolute Gasteiger partial charge is 0.494 e. The molecule has 1 aliphatic rings. The van der Waals surface area contributed by atoms with Crippen LogP contribution in [0.15, 0.2) is 84.9 Å². The predicted octanol–water partition coefficient (Wildman–Crippen LogP) is 5.28. The molecule has 9 nitrogen and oxygen atoms in total. The number of hydrogen-bond acceptors (Lipinski definition) is 7. The molecular weight excluding hydrogens is 595 g/mol. The van der Waals surface area contributed by atoms with Gasteiger partial charge in [0.15, 0.2) is 0 Å². The van der Waals surface area contributed by atoms with Crippen molar-refractivity contribution in [2.45, 2.75) is 103 Å². The first-order chi connectivity index (χ1) is 22.1. The molecule has 0 radical (unpaired) electrons. The molecule has 3 aromatic carbocycles. The van der Waals surface area contributed by atoms with Crippen LogP contribution in [-0.2, 0) is 47.8 Å². The second-order valence-corrected chi connectivity index (χ2v) is 13.9. The number of ether oxygens (including phenoxy) is 2. The van der Waals surface area contributed by atoms with Gasteiger partial charge in [0.2, 0.25) is 5.91 Å². The fourth-order valence-corrected chi connectivity index (χ4v) is 5.05. The summed E-state index contributed by atoms with van der Waals surface area (Å²) in [6.07, 6.45) is 0.237. The third-order valence-corrected chi connectivity index (χ3v) is 8.31. The average molecular weight is 643 g/mol. The fourth-order valence-electron chi connectivity index (χ4n) is 5.05. The topological polar surface area (TPSA) is 112 Å². The molecule has 1 saturated heterocycles. The minimum absolute atomic E-state index is 0.0492. The monoisotopic (exact) mass is 642 g/mol. The van der Waals surface area contributed by atoms with Gasteiger partial charge in [-0.1, -0.05) is 84.9 Å². The van der Waals surface area contributed by atoms with Gasteiger partial charge in [0.1, 0.15) is 24.3 Å². The van der Waals surface area contributed by atoms with Crippen molar-refractivity contribution in [3.8, 4) is 0 Å². The smallest absolute Gasteiger partial charge is 0.459 e. The summed E-state index contributed by atoms with van der Waals surface area (Å²) in [5.41, 5.74) is 1.63. The molecule has 47 heavy (non-hydrogen) atoms. The summed E-state index contributed by atoms with van der Waals surface area (Å²) in [5, 5.41) is 5.59. The maximum Gasteiger partial charge on any atom is 0.494 e. The van der Waals surface area contributed by atoms with E-state index in [0.717, 1.165) is 22.2 Å². The van der Waals surface area contributed by atoms with Crippen LogP contribution in [-0.4, -0.2) is 54.0 Å². The van der Waals surface area contributed by atoms with Gasteiger partial charge in [-0.05, 0) is 83.5 Å². The third-order valence-electron chi connectivity index (χ3n) is 8.31. The van der Waals surface area contributed by atoms with Crippen molar-refractivity contribution in [2.75, 3.05) is 0 Å². The van der Waals surface area contributed by atoms with E-state index in [0.29, 0.717) is 6.42 Å². The number of benzene rings is 3. The number of amides is 2. The SMILES string of the molecule is CC(C)(C)OC(=O)N[C@@H](CCc1ccccc1)C(=O)N[C@@H](Cc1cccc(B2OC(C)(C)C(C)(C)O2)c1)C(=O)OCc1ccccc1. The quantitative estimate of drug-likeness (QED) is 0.204. The van der Waals surface area contributed by atoms with Crippen LogP contribution in [0.25, 0.3) is 0 Å². The van der Waals surface area contributed by atoms with E-state index in [9.17, 15) is 14.4 Å². The van der Waals surface area contributed by atoms with Crippen molar-refractivity contribution in [1.82, 2.24) is 10.6 Å². The van der Waals surface area contributed by atoms with Crippen molar-refractivity contribution < 1.29 is 33.2 Å². The molecule has 1 heterocycles. The lowest BCUT2D eigenvalue weighted by atomic mass is 9.78. The molecule has 10 heteroatoms. The lowest BCUT2D eigenvalue weighted by Crippen LogP contribution is -2.53. The van der Waals surface area contributed by atoms with Gasteiger partial charge in [0.25, 0.3) is 0 Å². The van der Waals surface area contributed by atoms with E-state index in [-0.39, 0.29) is 19.4 Å². The second-order valence-electron chi connectivity index (χ2n) is 13.9. The van der Waals surface area contributed by atoms with E-state index in [1.165, 1.54) is 0 Å². The number of nitrogens with one attached hydrogen (secondary N) is 2. The maximum absolute atomic E-state index is 13.8. The number of carbonyl (C=O) groups is 3. The standard InChI is InChI=1S/C37H47BN2O7/c1-35(2,3)45-34(43)40-30(22-21-26-15-10-8-11-16-26)32(41)39-31(33(42)44-25-27-17-12-9-13-18-27)24-28-19-14-20-29(23-28)38-46-36(4,5)37(6,7)47-38/h8-20,23,30-31H,21-22,24-25H2,1-7H3,(H,39,41)(H,40,43)/t30-,31-/m0/s1. The van der Waals surface area contributed by atoms with E-state index in [1.54, 1.807) is 20.8 Å². The van der Waals surface area contributed by atoms with Crippen LogP contribution in [0.5, 0.6) is 0 Å². The molecular formula is C37H47BN2O7. The number of carbonyl (C=O) groups excluding carboxylic acids is 3. The van der Waals surface area contributed by atoms with Gasteiger partial charge in [-0.25, -0.2) is 9.59 Å². The summed E-state index contributed by atoms with van der Waals surface area (Å²) >= 11 is 0. The predicted molar refractivity (Wildman–Crippen MR) is 182 cm³/mol. The molecule has 0 saturated carbocycles. The lowest BCUT2D eigenvalue weighted by Gasteiger charge is -2.32. The first-order valence-electron chi connectivity index (χ1n) is 16.1. The van der Waals surface area contributed by atoms with Crippen LogP contribution >= 0.6 is 0 Å². The summed E-state index contributed by atoms with van der Waals surface area (Å²) < 4.78 is 23.6. The molecule has 0 spiro atoms. The molecule has 3 aromatic rings. The first-order valence-corrected chi connectivity index (χ1v) is 16.1. The van der Waals surface area contributed by atoms with Crippen LogP contribution in [0.1, 0.15) is 71.6 Å². The van der Waals surface area contributed by atoms with Crippen LogP contribution in [0.3, 0.4) is 0 Å². The van der Waals surface area contributed by atoms with Crippen molar-refractivity contribution in [1.29, 1.82) is 0 Å². The minimum Gasteiger partial charge on any atom is -0.459 e. The van der Waals surface area contributed by atoms with Crippen LogP contribution < -0.4 is 16.1 Å². The highest BCUT2D eigenvalue weighted by atomic mass is 16.7. The van der Waals surface area contributed by atoms with Crippen LogP contribution in [0.2, 0.25) is 0 Å². The number of rotatable bonds is 12. The van der Waals surface area contributed by atoms with E-state index < -0.39 is 54.0 Å². The van der Waals surface area contributed by atoms with E-state index in [1.807, 2.05) is 113 Å². The summed E-state index contributed by atoms with van der Waals surface area (Å²) in [6, 6.07) is 24.6. The number of esters is 1. The van der Waals surface area contributed by atoms with Crippen molar-refractivity contribution in [3.05, 3.63) is 102 Å². The van der Waals surface area contributed by atoms with Gasteiger partial charge in [-0.15, -0.1) is 0 Å². The first kappa shape index (κ1) is 35.7. The van der Waals surface area contributed by atoms with E-state index >= 15 is 0 Å². The summed E-state index contributed by atoms with van der Waals surface area (Å²) in [7, 11) is -0.585. The molecule has 0 aliphatic carbocycles. The molecule has 2 atom stereocenters. The Hall–Kier alpha value is -4.15. The highest BCUT2D eigenvalue weighted by Crippen LogP contribution is 2.36. The molecule has 2 N–H and O–H groups in total. The second kappa shape index (κ2) is 15.2. The Balaban J connectivity index is 1.55. The molecule has 0 bridgehead atoms. The Kier molecular flexibility index (Phi) is 11.5.